The van der Waals surface area contributed by atoms with Crippen molar-refractivity contribution in [3.8, 4) is 17.2 Å². The number of Topliss-reactive ketones (excluding diaryl/α,β-unsaturated/α-hetero) is 1. The number of hydrogen-bond donors (Lipinski definition) is 2. The molecule has 1 aliphatic heterocycles. The Morgan fingerprint density at radius 1 is 1.03 bits per heavy atom. The number of unbranched alkanes of at least 4 members (excludes halogenated alkanes) is 2. The number of nitrogens with one attached hydrogen (secondary N) is 1. The van der Waals surface area contributed by atoms with Crippen molar-refractivity contribution in [2.24, 2.45) is 0 Å². The van der Waals surface area contributed by atoms with Crippen LogP contribution in [-0.4, -0.2) is 68.2 Å². The SMILES string of the molecule is CCCN(C)C[C@H](NC(=O)CCCCCC(=O)c1ccc(OC)cc1)[C@@H](O)c1ccc2c(c1)OCCO2. The number of carbonyl (C=O) groups is 2. The molecular weight excluding hydrogens is 472 g/mol. The van der Waals surface area contributed by atoms with Gasteiger partial charge in [-0.05, 0) is 74.8 Å². The van der Waals surface area contributed by atoms with E-state index in [4.69, 9.17) is 14.2 Å². The molecule has 0 bridgehead atoms. The van der Waals surface area contributed by atoms with Gasteiger partial charge in [-0.25, -0.2) is 0 Å². The number of aliphatic hydroxyl groups is 1. The van der Waals surface area contributed by atoms with E-state index in [1.807, 2.05) is 13.1 Å². The van der Waals surface area contributed by atoms with Crippen LogP contribution in [0.4, 0.5) is 0 Å². The highest BCUT2D eigenvalue weighted by atomic mass is 16.6. The zero-order chi connectivity index (χ0) is 26.6. The van der Waals surface area contributed by atoms with Gasteiger partial charge in [-0.1, -0.05) is 19.4 Å². The molecule has 0 radical (unpaired) electrons. The van der Waals surface area contributed by atoms with Gasteiger partial charge in [-0.3, -0.25) is 9.59 Å². The highest BCUT2D eigenvalue weighted by Crippen LogP contribution is 2.33. The van der Waals surface area contributed by atoms with Crippen LogP contribution in [0.2, 0.25) is 0 Å². The Bertz CT molecular complexity index is 1010. The number of methoxy groups -OCH3 is 1. The minimum atomic E-state index is -0.888. The molecule has 37 heavy (non-hydrogen) atoms. The lowest BCUT2D eigenvalue weighted by atomic mass is 10.00. The third kappa shape index (κ3) is 8.76. The van der Waals surface area contributed by atoms with Gasteiger partial charge in [0.15, 0.2) is 17.3 Å². The van der Waals surface area contributed by atoms with Gasteiger partial charge in [0, 0.05) is 24.9 Å². The molecule has 1 aliphatic rings. The number of aliphatic hydroxyl groups excluding tert-OH is 1. The van der Waals surface area contributed by atoms with Crippen LogP contribution in [-0.2, 0) is 4.79 Å². The van der Waals surface area contributed by atoms with Crippen LogP contribution in [0.5, 0.6) is 17.2 Å². The normalized spacial score (nSPS) is 14.2. The summed E-state index contributed by atoms with van der Waals surface area (Å²) < 4.78 is 16.4. The second kappa shape index (κ2) is 14.6. The highest BCUT2D eigenvalue weighted by molar-refractivity contribution is 5.96. The fraction of sp³-hybridized carbons (Fsp3) is 0.517. The topological polar surface area (TPSA) is 97.3 Å². The molecule has 0 unspecified atom stereocenters. The lowest BCUT2D eigenvalue weighted by molar-refractivity contribution is -0.123. The van der Waals surface area contributed by atoms with Crippen LogP contribution in [0, 0.1) is 0 Å². The number of likely N-dealkylation sites (N-methyl/N-ethyl adjacent to an activating group) is 1. The largest absolute Gasteiger partial charge is 0.497 e. The zero-order valence-electron chi connectivity index (χ0n) is 22.2. The molecule has 2 aromatic carbocycles. The van der Waals surface area contributed by atoms with Gasteiger partial charge in [0.05, 0.1) is 13.2 Å². The Labute approximate surface area is 219 Å². The van der Waals surface area contributed by atoms with Crippen molar-refractivity contribution in [2.75, 3.05) is 40.5 Å². The van der Waals surface area contributed by atoms with E-state index in [9.17, 15) is 14.7 Å². The summed E-state index contributed by atoms with van der Waals surface area (Å²) in [5.74, 6) is 1.98. The maximum Gasteiger partial charge on any atom is 0.220 e. The summed E-state index contributed by atoms with van der Waals surface area (Å²) in [5, 5.41) is 14.2. The molecule has 8 heteroatoms. The van der Waals surface area contributed by atoms with Crippen molar-refractivity contribution in [3.63, 3.8) is 0 Å². The van der Waals surface area contributed by atoms with E-state index in [1.165, 1.54) is 0 Å². The number of hydrogen-bond acceptors (Lipinski definition) is 7. The predicted molar refractivity (Wildman–Crippen MR) is 143 cm³/mol. The molecule has 1 amide bonds. The summed E-state index contributed by atoms with van der Waals surface area (Å²) >= 11 is 0. The second-order valence-corrected chi connectivity index (χ2v) is 9.50. The van der Waals surface area contributed by atoms with Crippen LogP contribution < -0.4 is 19.5 Å². The first-order valence-corrected chi connectivity index (χ1v) is 13.1. The standard InChI is InChI=1S/C29H40N2O6/c1-4-16-31(2)20-24(29(34)22-12-15-26-27(19-22)37-18-17-36-26)30-28(33)9-7-5-6-8-25(32)21-10-13-23(35-3)14-11-21/h10-15,19,24,29,34H,4-9,16-18,20H2,1-3H3,(H,30,33)/t24-,29-/m0/s1. The number of fused-ring (bicyclic) bond motifs is 1. The molecule has 0 aromatic heterocycles. The number of ether oxygens (including phenoxy) is 3. The van der Waals surface area contributed by atoms with Crippen LogP contribution in [0.15, 0.2) is 42.5 Å². The summed E-state index contributed by atoms with van der Waals surface area (Å²) in [6.45, 7) is 4.46. The van der Waals surface area contributed by atoms with Crippen LogP contribution in [0.25, 0.3) is 0 Å². The van der Waals surface area contributed by atoms with Crippen molar-refractivity contribution < 1.29 is 28.9 Å². The fourth-order valence-corrected chi connectivity index (χ4v) is 4.46. The Morgan fingerprint density at radius 3 is 2.43 bits per heavy atom. The van der Waals surface area contributed by atoms with Crippen LogP contribution in [0.3, 0.4) is 0 Å². The average Bonchev–Trinajstić information content (AvgIpc) is 2.91. The molecule has 1 heterocycles. The Kier molecular flexibility index (Phi) is 11.2. The minimum Gasteiger partial charge on any atom is -0.497 e. The van der Waals surface area contributed by atoms with Crippen molar-refractivity contribution in [2.45, 2.75) is 57.6 Å². The van der Waals surface area contributed by atoms with Crippen molar-refractivity contribution in [1.29, 1.82) is 0 Å². The van der Waals surface area contributed by atoms with Gasteiger partial charge in [0.2, 0.25) is 5.91 Å². The van der Waals surface area contributed by atoms with Gasteiger partial charge in [-0.15, -0.1) is 0 Å². The lowest BCUT2D eigenvalue weighted by Crippen LogP contribution is -2.46. The van der Waals surface area contributed by atoms with Crippen molar-refractivity contribution in [1.82, 2.24) is 10.2 Å². The molecule has 0 saturated carbocycles. The number of benzene rings is 2. The average molecular weight is 513 g/mol. The zero-order valence-corrected chi connectivity index (χ0v) is 22.2. The number of rotatable bonds is 15. The molecule has 202 valence electrons. The molecule has 0 spiro atoms. The predicted octanol–water partition coefficient (Wildman–Crippen LogP) is 4.16. The van der Waals surface area contributed by atoms with Crippen molar-refractivity contribution in [3.05, 3.63) is 53.6 Å². The van der Waals surface area contributed by atoms with E-state index in [-0.39, 0.29) is 11.7 Å². The number of carbonyl (C=O) groups excluding carboxylic acids is 2. The van der Waals surface area contributed by atoms with E-state index in [2.05, 4.69) is 17.1 Å². The molecule has 2 N–H and O–H groups in total. The molecular formula is C29H40N2O6. The molecule has 3 rings (SSSR count). The molecule has 0 saturated heterocycles. The fourth-order valence-electron chi connectivity index (χ4n) is 4.46. The first kappa shape index (κ1) is 28.5. The lowest BCUT2D eigenvalue weighted by Gasteiger charge is -2.29. The third-order valence-corrected chi connectivity index (χ3v) is 6.47. The van der Waals surface area contributed by atoms with Gasteiger partial charge >= 0.3 is 0 Å². The van der Waals surface area contributed by atoms with E-state index in [0.29, 0.717) is 61.6 Å². The van der Waals surface area contributed by atoms with Gasteiger partial charge in [0.1, 0.15) is 25.1 Å². The minimum absolute atomic E-state index is 0.0914. The van der Waals surface area contributed by atoms with Crippen LogP contribution in [0.1, 0.15) is 67.5 Å². The molecule has 2 aromatic rings. The molecule has 0 fully saturated rings. The Balaban J connectivity index is 1.49. The first-order valence-electron chi connectivity index (χ1n) is 13.1. The van der Waals surface area contributed by atoms with Crippen LogP contribution >= 0.6 is 0 Å². The summed E-state index contributed by atoms with van der Waals surface area (Å²) in [6, 6.07) is 12.1. The monoisotopic (exact) mass is 512 g/mol. The number of nitrogens with zero attached hydrogens (tertiary/aromatic N) is 1. The molecule has 2 atom stereocenters. The van der Waals surface area contributed by atoms with Crippen molar-refractivity contribution >= 4 is 11.7 Å². The summed E-state index contributed by atoms with van der Waals surface area (Å²) in [7, 11) is 3.58. The summed E-state index contributed by atoms with van der Waals surface area (Å²) in [5.41, 5.74) is 1.35. The van der Waals surface area contributed by atoms with Gasteiger partial charge in [0.25, 0.3) is 0 Å². The maximum atomic E-state index is 12.8. The molecule has 8 nitrogen and oxygen atoms in total. The smallest absolute Gasteiger partial charge is 0.220 e. The first-order chi connectivity index (χ1) is 17.9. The highest BCUT2D eigenvalue weighted by Gasteiger charge is 2.26. The second-order valence-electron chi connectivity index (χ2n) is 9.50. The summed E-state index contributed by atoms with van der Waals surface area (Å²) in [6.07, 6.45) is 3.06. The Hall–Kier alpha value is -3.10. The van der Waals surface area contributed by atoms with E-state index >= 15 is 0 Å². The Morgan fingerprint density at radius 2 is 1.73 bits per heavy atom. The van der Waals surface area contributed by atoms with E-state index < -0.39 is 12.1 Å². The van der Waals surface area contributed by atoms with E-state index in [1.54, 1.807) is 43.5 Å². The van der Waals surface area contributed by atoms with E-state index in [0.717, 1.165) is 31.6 Å². The van der Waals surface area contributed by atoms with Gasteiger partial charge < -0.3 is 29.5 Å². The quantitative estimate of drug-likeness (QED) is 0.273. The maximum absolute atomic E-state index is 12.8. The number of ketones is 1. The summed E-state index contributed by atoms with van der Waals surface area (Å²) in [4.78, 5) is 27.3. The third-order valence-electron chi connectivity index (χ3n) is 6.47. The van der Waals surface area contributed by atoms with Gasteiger partial charge in [-0.2, -0.15) is 0 Å². The molecule has 0 aliphatic carbocycles. The number of amides is 1.